The van der Waals surface area contributed by atoms with Gasteiger partial charge in [-0.1, -0.05) is 57.8 Å². The summed E-state index contributed by atoms with van der Waals surface area (Å²) in [5.41, 5.74) is 4.02. The van der Waals surface area contributed by atoms with E-state index in [1.54, 1.807) is 0 Å². The van der Waals surface area contributed by atoms with Gasteiger partial charge in [-0.2, -0.15) is 0 Å². The Balaban J connectivity index is 2.42. The van der Waals surface area contributed by atoms with Crippen LogP contribution in [0.2, 0.25) is 0 Å². The number of aryl methyl sites for hydroxylation is 2. The lowest BCUT2D eigenvalue weighted by molar-refractivity contribution is 0.103. The van der Waals surface area contributed by atoms with Gasteiger partial charge in [-0.3, -0.25) is 4.79 Å². The van der Waals surface area contributed by atoms with Crippen molar-refractivity contribution in [1.29, 1.82) is 0 Å². The highest BCUT2D eigenvalue weighted by Crippen LogP contribution is 2.23. The third-order valence-corrected chi connectivity index (χ3v) is 4.27. The number of carbonyl (C=O) groups excluding carboxylic acids is 1. The zero-order chi connectivity index (χ0) is 14.7. The summed E-state index contributed by atoms with van der Waals surface area (Å²) in [7, 11) is 0. The SMILES string of the molecule is CCc1ccc(C(=O)c2cc(Br)cc(Br)c2)cc1CC. The number of benzene rings is 2. The van der Waals surface area contributed by atoms with E-state index in [0.717, 1.165) is 27.4 Å². The summed E-state index contributed by atoms with van der Waals surface area (Å²) in [5, 5.41) is 0. The van der Waals surface area contributed by atoms with Gasteiger partial charge in [0.25, 0.3) is 0 Å². The van der Waals surface area contributed by atoms with Crippen molar-refractivity contribution in [3.8, 4) is 0 Å². The van der Waals surface area contributed by atoms with E-state index in [-0.39, 0.29) is 5.78 Å². The molecule has 0 amide bonds. The maximum atomic E-state index is 12.6. The minimum absolute atomic E-state index is 0.0596. The molecule has 3 heteroatoms. The third-order valence-electron chi connectivity index (χ3n) is 3.36. The smallest absolute Gasteiger partial charge is 0.193 e. The topological polar surface area (TPSA) is 17.1 Å². The molecular formula is C17H16Br2O. The zero-order valence-electron chi connectivity index (χ0n) is 11.5. The molecule has 0 aliphatic carbocycles. The average molecular weight is 396 g/mol. The fraction of sp³-hybridized carbons (Fsp3) is 0.235. The van der Waals surface area contributed by atoms with Crippen molar-refractivity contribution >= 4 is 37.6 Å². The predicted octanol–water partition coefficient (Wildman–Crippen LogP) is 5.57. The molecule has 0 saturated carbocycles. The largest absolute Gasteiger partial charge is 0.289 e. The van der Waals surface area contributed by atoms with Crippen molar-refractivity contribution in [2.45, 2.75) is 26.7 Å². The first kappa shape index (κ1) is 15.5. The molecule has 1 nitrogen and oxygen atoms in total. The van der Waals surface area contributed by atoms with E-state index in [1.807, 2.05) is 30.3 Å². The molecule has 2 aromatic rings. The van der Waals surface area contributed by atoms with Gasteiger partial charge in [-0.05, 0) is 48.2 Å². The van der Waals surface area contributed by atoms with Crippen LogP contribution in [0.15, 0.2) is 45.3 Å². The Hall–Kier alpha value is -0.930. The molecule has 0 heterocycles. The number of rotatable bonds is 4. The molecule has 0 aliphatic rings. The van der Waals surface area contributed by atoms with Gasteiger partial charge in [0.05, 0.1) is 0 Å². The van der Waals surface area contributed by atoms with Crippen molar-refractivity contribution in [1.82, 2.24) is 0 Å². The first-order valence-electron chi connectivity index (χ1n) is 6.67. The third kappa shape index (κ3) is 3.39. The lowest BCUT2D eigenvalue weighted by Gasteiger charge is -2.09. The van der Waals surface area contributed by atoms with Crippen LogP contribution in [0.4, 0.5) is 0 Å². The molecule has 0 atom stereocenters. The zero-order valence-corrected chi connectivity index (χ0v) is 14.7. The minimum atomic E-state index is 0.0596. The Morgan fingerprint density at radius 3 is 2.00 bits per heavy atom. The molecule has 0 fully saturated rings. The molecule has 0 aliphatic heterocycles. The standard InChI is InChI=1S/C17H16Br2O/c1-3-11-5-6-13(7-12(11)4-2)17(20)14-8-15(18)10-16(19)9-14/h5-10H,3-4H2,1-2H3. The molecule has 20 heavy (non-hydrogen) atoms. The highest BCUT2D eigenvalue weighted by Gasteiger charge is 2.12. The Kier molecular flexibility index (Phi) is 5.17. The normalized spacial score (nSPS) is 10.6. The number of hydrogen-bond donors (Lipinski definition) is 0. The monoisotopic (exact) mass is 394 g/mol. The molecule has 0 aromatic heterocycles. The molecule has 104 valence electrons. The summed E-state index contributed by atoms with van der Waals surface area (Å²) in [4.78, 5) is 12.6. The van der Waals surface area contributed by atoms with Crippen LogP contribution >= 0.6 is 31.9 Å². The van der Waals surface area contributed by atoms with Crippen LogP contribution in [-0.4, -0.2) is 5.78 Å². The molecule has 2 aromatic carbocycles. The van der Waals surface area contributed by atoms with E-state index in [0.29, 0.717) is 5.56 Å². The second-order valence-electron chi connectivity index (χ2n) is 4.68. The van der Waals surface area contributed by atoms with Gasteiger partial charge in [0.2, 0.25) is 0 Å². The van der Waals surface area contributed by atoms with Gasteiger partial charge in [-0.15, -0.1) is 0 Å². The van der Waals surface area contributed by atoms with Crippen molar-refractivity contribution < 1.29 is 4.79 Å². The summed E-state index contributed by atoms with van der Waals surface area (Å²) in [6.45, 7) is 4.26. The lowest BCUT2D eigenvalue weighted by atomic mass is 9.96. The molecule has 0 unspecified atom stereocenters. The van der Waals surface area contributed by atoms with E-state index < -0.39 is 0 Å². The van der Waals surface area contributed by atoms with Crippen molar-refractivity contribution in [3.63, 3.8) is 0 Å². The quantitative estimate of drug-likeness (QED) is 0.618. The first-order valence-corrected chi connectivity index (χ1v) is 8.26. The Morgan fingerprint density at radius 2 is 1.45 bits per heavy atom. The summed E-state index contributed by atoms with van der Waals surface area (Å²) in [5.74, 6) is 0.0596. The average Bonchev–Trinajstić information content (AvgIpc) is 2.44. The van der Waals surface area contributed by atoms with Crippen LogP contribution in [0.25, 0.3) is 0 Å². The minimum Gasteiger partial charge on any atom is -0.289 e. The fourth-order valence-electron chi connectivity index (χ4n) is 2.29. The van der Waals surface area contributed by atoms with Gasteiger partial charge in [-0.25, -0.2) is 0 Å². The van der Waals surface area contributed by atoms with Crippen molar-refractivity contribution in [2.24, 2.45) is 0 Å². The molecule has 2 rings (SSSR count). The predicted molar refractivity (Wildman–Crippen MR) is 90.5 cm³/mol. The fourth-order valence-corrected chi connectivity index (χ4v) is 3.59. The molecule has 0 saturated heterocycles. The van der Waals surface area contributed by atoms with Crippen LogP contribution in [0, 0.1) is 0 Å². The van der Waals surface area contributed by atoms with Crippen molar-refractivity contribution in [2.75, 3.05) is 0 Å². The van der Waals surface area contributed by atoms with Crippen LogP contribution in [0.3, 0.4) is 0 Å². The summed E-state index contributed by atoms with van der Waals surface area (Å²) < 4.78 is 1.80. The number of carbonyl (C=O) groups is 1. The molecule has 0 radical (unpaired) electrons. The van der Waals surface area contributed by atoms with Gasteiger partial charge in [0.15, 0.2) is 5.78 Å². The maximum Gasteiger partial charge on any atom is 0.193 e. The van der Waals surface area contributed by atoms with E-state index in [4.69, 9.17) is 0 Å². The molecular weight excluding hydrogens is 380 g/mol. The first-order chi connectivity index (χ1) is 9.55. The maximum absolute atomic E-state index is 12.6. The highest BCUT2D eigenvalue weighted by atomic mass is 79.9. The summed E-state index contributed by atoms with van der Waals surface area (Å²) in [6, 6.07) is 11.7. The van der Waals surface area contributed by atoms with E-state index in [2.05, 4.69) is 51.8 Å². The number of ketones is 1. The van der Waals surface area contributed by atoms with Gasteiger partial charge in [0, 0.05) is 20.1 Å². The van der Waals surface area contributed by atoms with Gasteiger partial charge >= 0.3 is 0 Å². The van der Waals surface area contributed by atoms with E-state index in [9.17, 15) is 4.79 Å². The highest BCUT2D eigenvalue weighted by molar-refractivity contribution is 9.11. The Morgan fingerprint density at radius 1 is 0.850 bits per heavy atom. The van der Waals surface area contributed by atoms with E-state index >= 15 is 0 Å². The summed E-state index contributed by atoms with van der Waals surface area (Å²) in [6.07, 6.45) is 1.95. The van der Waals surface area contributed by atoms with Crippen LogP contribution in [0.1, 0.15) is 40.9 Å². The van der Waals surface area contributed by atoms with Gasteiger partial charge in [0.1, 0.15) is 0 Å². The molecule has 0 spiro atoms. The van der Waals surface area contributed by atoms with Crippen LogP contribution in [0.5, 0.6) is 0 Å². The van der Waals surface area contributed by atoms with Crippen LogP contribution in [-0.2, 0) is 12.8 Å². The second-order valence-corrected chi connectivity index (χ2v) is 6.51. The number of halogens is 2. The Bertz CT molecular complexity index is 627. The Labute approximate surface area is 136 Å². The number of hydrogen-bond acceptors (Lipinski definition) is 1. The van der Waals surface area contributed by atoms with Crippen LogP contribution < -0.4 is 0 Å². The molecule has 0 N–H and O–H groups in total. The van der Waals surface area contributed by atoms with E-state index in [1.165, 1.54) is 11.1 Å². The molecule has 0 bridgehead atoms. The van der Waals surface area contributed by atoms with Gasteiger partial charge < -0.3 is 0 Å². The van der Waals surface area contributed by atoms with Crippen molar-refractivity contribution in [3.05, 3.63) is 67.6 Å². The lowest BCUT2D eigenvalue weighted by Crippen LogP contribution is -2.03. The second kappa shape index (κ2) is 6.68. The summed E-state index contributed by atoms with van der Waals surface area (Å²) >= 11 is 6.85.